The lowest BCUT2D eigenvalue weighted by Gasteiger charge is -2.13. The SMILES string of the molecule is CN(C)c1ccc(NC(=O)C(=O)NCc2ccnn2C)cc1. The minimum absolute atomic E-state index is 0.252. The largest absolute Gasteiger partial charge is 0.378 e. The number of carbonyl (C=O) groups excluding carboxylic acids is 2. The number of hydrogen-bond acceptors (Lipinski definition) is 4. The number of carbonyl (C=O) groups is 2. The van der Waals surface area contributed by atoms with Crippen LogP contribution in [0.3, 0.4) is 0 Å². The normalized spacial score (nSPS) is 10.1. The lowest BCUT2D eigenvalue weighted by Crippen LogP contribution is -2.35. The summed E-state index contributed by atoms with van der Waals surface area (Å²) in [6.45, 7) is 0.252. The van der Waals surface area contributed by atoms with Gasteiger partial charge in [0, 0.05) is 38.7 Å². The zero-order valence-corrected chi connectivity index (χ0v) is 12.8. The number of anilines is 2. The fourth-order valence-electron chi connectivity index (χ4n) is 1.86. The van der Waals surface area contributed by atoms with Gasteiger partial charge in [-0.25, -0.2) is 0 Å². The molecule has 0 aliphatic heterocycles. The van der Waals surface area contributed by atoms with Gasteiger partial charge in [-0.3, -0.25) is 14.3 Å². The summed E-state index contributed by atoms with van der Waals surface area (Å²) in [5.74, 6) is -1.38. The Kier molecular flexibility index (Phi) is 4.77. The highest BCUT2D eigenvalue weighted by Gasteiger charge is 2.14. The van der Waals surface area contributed by atoms with Crippen LogP contribution in [0.15, 0.2) is 36.5 Å². The molecule has 0 aliphatic rings. The van der Waals surface area contributed by atoms with Crippen molar-refractivity contribution in [3.8, 4) is 0 Å². The second-order valence-corrected chi connectivity index (χ2v) is 5.02. The van der Waals surface area contributed by atoms with Gasteiger partial charge >= 0.3 is 11.8 Å². The first-order chi connectivity index (χ1) is 10.5. The molecule has 0 atom stereocenters. The van der Waals surface area contributed by atoms with E-state index in [2.05, 4.69) is 15.7 Å². The van der Waals surface area contributed by atoms with Crippen molar-refractivity contribution < 1.29 is 9.59 Å². The first-order valence-electron chi connectivity index (χ1n) is 6.81. The van der Waals surface area contributed by atoms with Gasteiger partial charge in [0.05, 0.1) is 12.2 Å². The Bertz CT molecular complexity index is 661. The third-order valence-electron chi connectivity index (χ3n) is 3.20. The summed E-state index contributed by atoms with van der Waals surface area (Å²) < 4.78 is 1.64. The monoisotopic (exact) mass is 301 g/mol. The van der Waals surface area contributed by atoms with Gasteiger partial charge in [-0.05, 0) is 30.3 Å². The smallest absolute Gasteiger partial charge is 0.313 e. The molecule has 22 heavy (non-hydrogen) atoms. The quantitative estimate of drug-likeness (QED) is 0.817. The van der Waals surface area contributed by atoms with E-state index in [0.717, 1.165) is 11.4 Å². The molecule has 1 aromatic heterocycles. The number of hydrogen-bond donors (Lipinski definition) is 2. The summed E-state index contributed by atoms with van der Waals surface area (Å²) >= 11 is 0. The van der Waals surface area contributed by atoms with E-state index in [9.17, 15) is 9.59 Å². The molecule has 1 aromatic carbocycles. The predicted molar refractivity (Wildman–Crippen MR) is 84.5 cm³/mol. The molecule has 1 heterocycles. The van der Waals surface area contributed by atoms with E-state index in [0.29, 0.717) is 5.69 Å². The first-order valence-corrected chi connectivity index (χ1v) is 6.81. The predicted octanol–water partition coefficient (Wildman–Crippen LogP) is 0.741. The van der Waals surface area contributed by atoms with Gasteiger partial charge in [0.25, 0.3) is 0 Å². The van der Waals surface area contributed by atoms with Crippen molar-refractivity contribution in [3.05, 3.63) is 42.2 Å². The average Bonchev–Trinajstić information content (AvgIpc) is 2.90. The molecule has 116 valence electrons. The van der Waals surface area contributed by atoms with E-state index in [-0.39, 0.29) is 6.54 Å². The summed E-state index contributed by atoms with van der Waals surface area (Å²) in [6, 6.07) is 9.01. The van der Waals surface area contributed by atoms with E-state index in [1.165, 1.54) is 0 Å². The number of aryl methyl sites for hydroxylation is 1. The Labute approximate surface area is 128 Å². The summed E-state index contributed by atoms with van der Waals surface area (Å²) in [6.07, 6.45) is 1.63. The number of rotatable bonds is 4. The van der Waals surface area contributed by atoms with Crippen LogP contribution in [0.5, 0.6) is 0 Å². The maximum Gasteiger partial charge on any atom is 0.313 e. The van der Waals surface area contributed by atoms with Gasteiger partial charge in [0.2, 0.25) is 0 Å². The summed E-state index contributed by atoms with van der Waals surface area (Å²) in [5.41, 5.74) is 2.40. The van der Waals surface area contributed by atoms with Gasteiger partial charge in [0.1, 0.15) is 0 Å². The van der Waals surface area contributed by atoms with Crippen LogP contribution in [0, 0.1) is 0 Å². The third kappa shape index (κ3) is 3.85. The molecule has 0 aliphatic carbocycles. The number of nitrogens with one attached hydrogen (secondary N) is 2. The molecular formula is C15H19N5O2. The van der Waals surface area contributed by atoms with E-state index in [1.54, 1.807) is 36.1 Å². The summed E-state index contributed by atoms with van der Waals surface area (Å²) in [4.78, 5) is 25.5. The Hall–Kier alpha value is -2.83. The Morgan fingerprint density at radius 2 is 1.82 bits per heavy atom. The Morgan fingerprint density at radius 3 is 2.36 bits per heavy atom. The van der Waals surface area contributed by atoms with Gasteiger partial charge in [-0.2, -0.15) is 5.10 Å². The van der Waals surface area contributed by atoms with Crippen LogP contribution in [-0.2, 0) is 23.2 Å². The van der Waals surface area contributed by atoms with E-state index in [1.807, 2.05) is 31.1 Å². The highest BCUT2D eigenvalue weighted by Crippen LogP contribution is 2.15. The molecule has 2 aromatic rings. The topological polar surface area (TPSA) is 79.3 Å². The molecule has 0 unspecified atom stereocenters. The zero-order valence-electron chi connectivity index (χ0n) is 12.8. The number of nitrogens with zero attached hydrogens (tertiary/aromatic N) is 3. The van der Waals surface area contributed by atoms with E-state index >= 15 is 0 Å². The van der Waals surface area contributed by atoms with Gasteiger partial charge in [0.15, 0.2) is 0 Å². The van der Waals surface area contributed by atoms with Crippen molar-refractivity contribution in [1.29, 1.82) is 0 Å². The number of benzene rings is 1. The molecule has 0 radical (unpaired) electrons. The van der Waals surface area contributed by atoms with Crippen molar-refractivity contribution in [1.82, 2.24) is 15.1 Å². The van der Waals surface area contributed by atoms with Crippen molar-refractivity contribution in [2.75, 3.05) is 24.3 Å². The lowest BCUT2D eigenvalue weighted by atomic mass is 10.2. The molecule has 0 saturated heterocycles. The van der Waals surface area contributed by atoms with Crippen LogP contribution < -0.4 is 15.5 Å². The van der Waals surface area contributed by atoms with Crippen LogP contribution in [0.1, 0.15) is 5.69 Å². The van der Waals surface area contributed by atoms with Gasteiger partial charge in [-0.1, -0.05) is 0 Å². The van der Waals surface area contributed by atoms with Crippen LogP contribution >= 0.6 is 0 Å². The molecule has 2 rings (SSSR count). The van der Waals surface area contributed by atoms with Gasteiger partial charge in [-0.15, -0.1) is 0 Å². The number of aromatic nitrogens is 2. The molecule has 0 bridgehead atoms. The van der Waals surface area contributed by atoms with E-state index < -0.39 is 11.8 Å². The second kappa shape index (κ2) is 6.75. The molecule has 7 heteroatoms. The summed E-state index contributed by atoms with van der Waals surface area (Å²) in [5, 5.41) is 9.11. The maximum atomic E-state index is 11.8. The van der Waals surface area contributed by atoms with Crippen molar-refractivity contribution >= 4 is 23.2 Å². The molecule has 2 N–H and O–H groups in total. The van der Waals surface area contributed by atoms with Crippen LogP contribution in [0.25, 0.3) is 0 Å². The fourth-order valence-corrected chi connectivity index (χ4v) is 1.86. The van der Waals surface area contributed by atoms with Crippen molar-refractivity contribution in [3.63, 3.8) is 0 Å². The molecular weight excluding hydrogens is 282 g/mol. The second-order valence-electron chi connectivity index (χ2n) is 5.02. The van der Waals surface area contributed by atoms with Crippen molar-refractivity contribution in [2.45, 2.75) is 6.54 Å². The Morgan fingerprint density at radius 1 is 1.14 bits per heavy atom. The minimum atomic E-state index is -0.695. The average molecular weight is 301 g/mol. The third-order valence-corrected chi connectivity index (χ3v) is 3.20. The van der Waals surface area contributed by atoms with E-state index in [4.69, 9.17) is 0 Å². The maximum absolute atomic E-state index is 11.8. The van der Waals surface area contributed by atoms with Crippen molar-refractivity contribution in [2.24, 2.45) is 7.05 Å². The van der Waals surface area contributed by atoms with Gasteiger partial charge < -0.3 is 15.5 Å². The molecule has 0 saturated carbocycles. The molecule has 0 fully saturated rings. The standard InChI is InChI=1S/C15H19N5O2/c1-19(2)12-6-4-11(5-7-12)18-15(22)14(21)16-10-13-8-9-17-20(13)3/h4-9H,10H2,1-3H3,(H,16,21)(H,18,22). The van der Waals surface area contributed by atoms with Crippen LogP contribution in [-0.4, -0.2) is 35.7 Å². The summed E-state index contributed by atoms with van der Waals surface area (Å²) in [7, 11) is 5.63. The Balaban J connectivity index is 1.88. The minimum Gasteiger partial charge on any atom is -0.378 e. The van der Waals surface area contributed by atoms with Crippen LogP contribution in [0.2, 0.25) is 0 Å². The highest BCUT2D eigenvalue weighted by molar-refractivity contribution is 6.39. The number of amides is 2. The zero-order chi connectivity index (χ0) is 16.1. The van der Waals surface area contributed by atoms with Crippen LogP contribution in [0.4, 0.5) is 11.4 Å². The lowest BCUT2D eigenvalue weighted by molar-refractivity contribution is -0.136. The first kappa shape index (κ1) is 15.6. The molecule has 7 nitrogen and oxygen atoms in total. The molecule has 2 amide bonds. The highest BCUT2D eigenvalue weighted by atomic mass is 16.2. The fraction of sp³-hybridized carbons (Fsp3) is 0.267. The molecule has 0 spiro atoms.